The molecule has 142 valence electrons. The zero-order valence-corrected chi connectivity index (χ0v) is 15.7. The SMILES string of the molecule is CC(NC(=S)Nc1cccc(C(F)(F)F)c1)C12CC3CC(CC(C3)C1)C2. The molecule has 0 heterocycles. The summed E-state index contributed by atoms with van der Waals surface area (Å²) >= 11 is 5.40. The number of rotatable bonds is 3. The monoisotopic (exact) mass is 382 g/mol. The van der Waals surface area contributed by atoms with Crippen molar-refractivity contribution in [2.75, 3.05) is 5.32 Å². The standard InChI is InChI=1S/C20H25F3N2S/c1-12(19-9-13-5-14(10-19)7-15(6-13)11-19)24-18(26)25-17-4-2-3-16(8-17)20(21,22)23/h2-4,8,12-15H,5-7,9-11H2,1H3,(H2,24,25,26). The normalized spacial score (nSPS) is 33.8. The fraction of sp³-hybridized carbons (Fsp3) is 0.650. The van der Waals surface area contributed by atoms with Crippen LogP contribution < -0.4 is 10.6 Å². The van der Waals surface area contributed by atoms with Gasteiger partial charge in [-0.25, -0.2) is 0 Å². The number of benzene rings is 1. The van der Waals surface area contributed by atoms with Crippen molar-refractivity contribution < 1.29 is 13.2 Å². The van der Waals surface area contributed by atoms with Crippen LogP contribution in [-0.4, -0.2) is 11.2 Å². The van der Waals surface area contributed by atoms with Crippen molar-refractivity contribution in [1.82, 2.24) is 5.32 Å². The molecule has 1 aromatic rings. The number of anilines is 1. The molecule has 1 unspecified atom stereocenters. The summed E-state index contributed by atoms with van der Waals surface area (Å²) in [7, 11) is 0. The Morgan fingerprint density at radius 1 is 1.12 bits per heavy atom. The summed E-state index contributed by atoms with van der Waals surface area (Å²) in [6.45, 7) is 2.19. The van der Waals surface area contributed by atoms with Crippen molar-refractivity contribution in [3.8, 4) is 0 Å². The third kappa shape index (κ3) is 3.45. The van der Waals surface area contributed by atoms with Gasteiger partial charge in [-0.3, -0.25) is 0 Å². The summed E-state index contributed by atoms with van der Waals surface area (Å²) in [5.74, 6) is 2.57. The van der Waals surface area contributed by atoms with Gasteiger partial charge >= 0.3 is 6.18 Å². The molecule has 1 aromatic carbocycles. The van der Waals surface area contributed by atoms with Crippen molar-refractivity contribution >= 4 is 23.0 Å². The maximum absolute atomic E-state index is 12.9. The highest BCUT2D eigenvalue weighted by Crippen LogP contribution is 2.61. The largest absolute Gasteiger partial charge is 0.416 e. The van der Waals surface area contributed by atoms with E-state index in [4.69, 9.17) is 12.2 Å². The van der Waals surface area contributed by atoms with Gasteiger partial charge in [-0.2, -0.15) is 13.2 Å². The van der Waals surface area contributed by atoms with E-state index in [1.165, 1.54) is 44.6 Å². The molecule has 2 nitrogen and oxygen atoms in total. The molecule has 0 aromatic heterocycles. The number of alkyl halides is 3. The molecule has 4 fully saturated rings. The Bertz CT molecular complexity index is 665. The van der Waals surface area contributed by atoms with E-state index in [2.05, 4.69) is 17.6 Å². The number of thiocarbonyl (C=S) groups is 1. The molecule has 0 radical (unpaired) electrons. The van der Waals surface area contributed by atoms with Crippen molar-refractivity contribution in [1.29, 1.82) is 0 Å². The summed E-state index contributed by atoms with van der Waals surface area (Å²) in [6, 6.07) is 5.42. The van der Waals surface area contributed by atoms with E-state index >= 15 is 0 Å². The Balaban J connectivity index is 1.41. The predicted molar refractivity (Wildman–Crippen MR) is 101 cm³/mol. The Morgan fingerprint density at radius 3 is 2.23 bits per heavy atom. The fourth-order valence-electron chi connectivity index (χ4n) is 6.00. The van der Waals surface area contributed by atoms with Gasteiger partial charge in [0.2, 0.25) is 0 Å². The molecule has 0 amide bonds. The molecule has 4 aliphatic carbocycles. The van der Waals surface area contributed by atoms with Gasteiger partial charge in [0.25, 0.3) is 0 Å². The molecular formula is C20H25F3N2S. The molecule has 0 aliphatic heterocycles. The number of nitrogens with one attached hydrogen (secondary N) is 2. The maximum Gasteiger partial charge on any atom is 0.416 e. The van der Waals surface area contributed by atoms with Crippen LogP contribution in [0.25, 0.3) is 0 Å². The quantitative estimate of drug-likeness (QED) is 0.666. The zero-order valence-electron chi connectivity index (χ0n) is 14.9. The second kappa shape index (κ2) is 6.39. The fourth-order valence-corrected chi connectivity index (χ4v) is 6.29. The second-order valence-corrected chi connectivity index (χ2v) is 9.09. The van der Waals surface area contributed by atoms with Crippen molar-refractivity contribution in [3.63, 3.8) is 0 Å². The second-order valence-electron chi connectivity index (χ2n) is 8.68. The predicted octanol–water partition coefficient (Wildman–Crippen LogP) is 5.60. The molecule has 4 aliphatic rings. The first-order valence-electron chi connectivity index (χ1n) is 9.48. The third-order valence-corrected chi connectivity index (χ3v) is 7.02. The molecule has 0 spiro atoms. The lowest BCUT2D eigenvalue weighted by molar-refractivity contribution is -0.137. The molecule has 0 saturated heterocycles. The average Bonchev–Trinajstić information content (AvgIpc) is 2.52. The van der Waals surface area contributed by atoms with Crippen molar-refractivity contribution in [2.45, 2.75) is 57.7 Å². The van der Waals surface area contributed by atoms with Crippen LogP contribution >= 0.6 is 12.2 Å². The Hall–Kier alpha value is -1.30. The Morgan fingerprint density at radius 2 is 1.69 bits per heavy atom. The van der Waals surface area contributed by atoms with Gasteiger partial charge in [0.15, 0.2) is 5.11 Å². The number of hydrogen-bond donors (Lipinski definition) is 2. The van der Waals surface area contributed by atoms with Gasteiger partial charge in [0.05, 0.1) is 5.56 Å². The smallest absolute Gasteiger partial charge is 0.359 e. The molecule has 4 saturated carbocycles. The van der Waals surface area contributed by atoms with Crippen molar-refractivity contribution in [2.24, 2.45) is 23.2 Å². The summed E-state index contributed by atoms with van der Waals surface area (Å²) in [5.41, 5.74) is 0.00312. The summed E-state index contributed by atoms with van der Waals surface area (Å²) in [5, 5.41) is 6.73. The van der Waals surface area contributed by atoms with E-state index in [0.29, 0.717) is 16.2 Å². The van der Waals surface area contributed by atoms with Crippen LogP contribution in [0.1, 0.15) is 51.0 Å². The first-order valence-corrected chi connectivity index (χ1v) is 9.89. The van der Waals surface area contributed by atoms with Gasteiger partial charge in [0.1, 0.15) is 0 Å². The number of hydrogen-bond acceptors (Lipinski definition) is 1. The first kappa shape index (κ1) is 18.1. The van der Waals surface area contributed by atoms with Gasteiger partial charge in [-0.1, -0.05) is 6.07 Å². The molecule has 5 rings (SSSR count). The molecule has 26 heavy (non-hydrogen) atoms. The van der Waals surface area contributed by atoms with E-state index < -0.39 is 11.7 Å². The highest BCUT2D eigenvalue weighted by molar-refractivity contribution is 7.80. The van der Waals surface area contributed by atoms with Gasteiger partial charge in [0, 0.05) is 11.7 Å². The van der Waals surface area contributed by atoms with E-state index in [1.54, 1.807) is 6.07 Å². The van der Waals surface area contributed by atoms with Gasteiger partial charge in [-0.05, 0) is 99.0 Å². The van der Waals surface area contributed by atoms with Crippen LogP contribution in [0.15, 0.2) is 24.3 Å². The van der Waals surface area contributed by atoms with E-state index in [0.717, 1.165) is 29.9 Å². The van der Waals surface area contributed by atoms with Crippen LogP contribution in [-0.2, 0) is 6.18 Å². The van der Waals surface area contributed by atoms with Crippen LogP contribution in [0.3, 0.4) is 0 Å². The summed E-state index contributed by atoms with van der Waals surface area (Å²) < 4.78 is 38.6. The summed E-state index contributed by atoms with van der Waals surface area (Å²) in [4.78, 5) is 0. The van der Waals surface area contributed by atoms with Crippen LogP contribution in [0, 0.1) is 23.2 Å². The average molecular weight is 382 g/mol. The minimum Gasteiger partial charge on any atom is -0.359 e. The van der Waals surface area contributed by atoms with Crippen LogP contribution in [0.4, 0.5) is 18.9 Å². The molecule has 2 N–H and O–H groups in total. The van der Waals surface area contributed by atoms with E-state index in [-0.39, 0.29) is 6.04 Å². The van der Waals surface area contributed by atoms with Gasteiger partial charge in [-0.15, -0.1) is 0 Å². The first-order chi connectivity index (χ1) is 12.2. The lowest BCUT2D eigenvalue weighted by Crippen LogP contribution is -2.56. The van der Waals surface area contributed by atoms with Crippen LogP contribution in [0.5, 0.6) is 0 Å². The van der Waals surface area contributed by atoms with Crippen molar-refractivity contribution in [3.05, 3.63) is 29.8 Å². The summed E-state index contributed by atoms with van der Waals surface area (Å²) in [6.07, 6.45) is 3.61. The molecular weight excluding hydrogens is 357 g/mol. The Labute approximate surface area is 157 Å². The zero-order chi connectivity index (χ0) is 18.5. The molecule has 4 bridgehead atoms. The molecule has 1 atom stereocenters. The highest BCUT2D eigenvalue weighted by Gasteiger charge is 2.53. The molecule has 6 heteroatoms. The highest BCUT2D eigenvalue weighted by atomic mass is 32.1. The maximum atomic E-state index is 12.9. The lowest BCUT2D eigenvalue weighted by Gasteiger charge is -2.59. The van der Waals surface area contributed by atoms with E-state index in [1.807, 2.05) is 0 Å². The topological polar surface area (TPSA) is 24.1 Å². The minimum atomic E-state index is -4.35. The number of halogens is 3. The lowest BCUT2D eigenvalue weighted by atomic mass is 9.48. The van der Waals surface area contributed by atoms with Gasteiger partial charge < -0.3 is 10.6 Å². The Kier molecular flexibility index (Phi) is 4.45. The van der Waals surface area contributed by atoms with E-state index in [9.17, 15) is 13.2 Å². The third-order valence-electron chi connectivity index (χ3n) is 6.80. The minimum absolute atomic E-state index is 0.238. The van der Waals surface area contributed by atoms with Crippen LogP contribution in [0.2, 0.25) is 0 Å².